The van der Waals surface area contributed by atoms with Gasteiger partial charge in [0.2, 0.25) is 11.8 Å². The first kappa shape index (κ1) is 23.6. The van der Waals surface area contributed by atoms with Crippen molar-refractivity contribution in [2.45, 2.75) is 59.9 Å². The van der Waals surface area contributed by atoms with Crippen molar-refractivity contribution in [3.05, 3.63) is 41.1 Å². The number of aromatic nitrogens is 2. The van der Waals surface area contributed by atoms with Crippen LogP contribution in [0, 0.1) is 13.8 Å². The van der Waals surface area contributed by atoms with Gasteiger partial charge in [-0.25, -0.2) is 4.68 Å². The summed E-state index contributed by atoms with van der Waals surface area (Å²) >= 11 is 0. The maximum Gasteiger partial charge on any atom is 0.249 e. The van der Waals surface area contributed by atoms with Crippen LogP contribution < -0.4 is 5.32 Å². The van der Waals surface area contributed by atoms with E-state index in [0.29, 0.717) is 5.82 Å². The van der Waals surface area contributed by atoms with Crippen molar-refractivity contribution in [1.29, 1.82) is 0 Å². The number of carbonyl (C=O) groups is 2. The first-order valence-electron chi connectivity index (χ1n) is 10.2. The van der Waals surface area contributed by atoms with Crippen molar-refractivity contribution in [1.82, 2.24) is 14.7 Å². The van der Waals surface area contributed by atoms with Gasteiger partial charge in [0, 0.05) is 24.6 Å². The van der Waals surface area contributed by atoms with Crippen LogP contribution in [0.2, 0.25) is 0 Å². The Morgan fingerprint density at radius 3 is 2.47 bits per heavy atom. The minimum Gasteiger partial charge on any atom is -0.375 e. The van der Waals surface area contributed by atoms with Crippen molar-refractivity contribution in [3.8, 4) is 5.69 Å². The molecule has 0 saturated carbocycles. The predicted octanol–water partition coefficient (Wildman–Crippen LogP) is 3.61. The molecule has 30 heavy (non-hydrogen) atoms. The smallest absolute Gasteiger partial charge is 0.249 e. The molecule has 0 saturated heterocycles. The topological polar surface area (TPSA) is 76.5 Å². The fourth-order valence-corrected chi connectivity index (χ4v) is 3.09. The van der Waals surface area contributed by atoms with E-state index in [0.717, 1.165) is 22.5 Å². The maximum atomic E-state index is 12.8. The van der Waals surface area contributed by atoms with Crippen LogP contribution >= 0.6 is 0 Å². The third kappa shape index (κ3) is 5.48. The minimum absolute atomic E-state index is 0.0529. The van der Waals surface area contributed by atoms with Gasteiger partial charge in [0.1, 0.15) is 19.0 Å². The zero-order valence-electron chi connectivity index (χ0n) is 19.4. The lowest BCUT2D eigenvalue weighted by Crippen LogP contribution is -2.44. The summed E-state index contributed by atoms with van der Waals surface area (Å²) in [4.78, 5) is 26.6. The van der Waals surface area contributed by atoms with Crippen molar-refractivity contribution in [3.63, 3.8) is 0 Å². The normalized spacial score (nSPS) is 11.6. The molecular weight excluding hydrogens is 380 g/mol. The van der Waals surface area contributed by atoms with Gasteiger partial charge in [-0.1, -0.05) is 32.9 Å². The van der Waals surface area contributed by atoms with Crippen LogP contribution in [0.4, 0.5) is 5.82 Å². The Balaban J connectivity index is 2.38. The Bertz CT molecular complexity index is 910. The van der Waals surface area contributed by atoms with Gasteiger partial charge in [-0.05, 0) is 44.9 Å². The number of methoxy groups -OCH3 is 1. The molecule has 0 spiro atoms. The number of ether oxygens (including phenoxy) is 1. The van der Waals surface area contributed by atoms with Gasteiger partial charge in [0.15, 0.2) is 0 Å². The van der Waals surface area contributed by atoms with Gasteiger partial charge < -0.3 is 15.0 Å². The molecule has 0 atom stereocenters. The van der Waals surface area contributed by atoms with Gasteiger partial charge in [-0.2, -0.15) is 5.10 Å². The van der Waals surface area contributed by atoms with E-state index in [2.05, 4.69) is 26.1 Å². The van der Waals surface area contributed by atoms with Crippen LogP contribution in [0.25, 0.3) is 5.69 Å². The van der Waals surface area contributed by atoms with Gasteiger partial charge in [-0.15, -0.1) is 0 Å². The third-order valence-electron chi connectivity index (χ3n) is 5.07. The van der Waals surface area contributed by atoms with Crippen LogP contribution in [0.1, 0.15) is 51.4 Å². The summed E-state index contributed by atoms with van der Waals surface area (Å²) in [5, 5.41) is 7.74. The Labute approximate surface area is 179 Å². The Hall–Kier alpha value is -2.67. The number of nitrogens with zero attached hydrogens (tertiary/aromatic N) is 3. The molecule has 0 aliphatic heterocycles. The maximum absolute atomic E-state index is 12.8. The molecular formula is C23H34N4O3. The molecule has 0 fully saturated rings. The van der Waals surface area contributed by atoms with Gasteiger partial charge in [0.25, 0.3) is 0 Å². The molecule has 1 aromatic carbocycles. The van der Waals surface area contributed by atoms with Crippen LogP contribution in [-0.4, -0.2) is 52.8 Å². The van der Waals surface area contributed by atoms with Crippen molar-refractivity contribution in [2.24, 2.45) is 0 Å². The zero-order chi connectivity index (χ0) is 22.6. The van der Waals surface area contributed by atoms with Gasteiger partial charge >= 0.3 is 0 Å². The minimum atomic E-state index is -0.278. The molecule has 164 valence electrons. The monoisotopic (exact) mass is 414 g/mol. The zero-order valence-corrected chi connectivity index (χ0v) is 19.4. The highest BCUT2D eigenvalue weighted by Gasteiger charge is 2.24. The molecule has 0 aliphatic rings. The van der Waals surface area contributed by atoms with Gasteiger partial charge in [-0.3, -0.25) is 9.59 Å². The highest BCUT2D eigenvalue weighted by molar-refractivity contribution is 5.94. The average Bonchev–Trinajstić information content (AvgIpc) is 3.05. The summed E-state index contributed by atoms with van der Waals surface area (Å²) < 4.78 is 6.71. The standard InChI is InChI=1S/C23H34N4O3/c1-15(2)26(22(29)14-30-8)13-21(28)24-20-12-19(23(5,6)7)25-27(20)18-11-9-10-16(3)17(18)4/h9-12,15H,13-14H2,1-8H3,(H,24,28). The van der Waals surface area contributed by atoms with E-state index in [9.17, 15) is 9.59 Å². The highest BCUT2D eigenvalue weighted by atomic mass is 16.5. The van der Waals surface area contributed by atoms with Crippen molar-refractivity contribution in [2.75, 3.05) is 25.6 Å². The number of carbonyl (C=O) groups excluding carboxylic acids is 2. The fourth-order valence-electron chi connectivity index (χ4n) is 3.09. The lowest BCUT2D eigenvalue weighted by atomic mass is 9.92. The first-order chi connectivity index (χ1) is 14.0. The van der Waals surface area contributed by atoms with E-state index in [4.69, 9.17) is 9.84 Å². The summed E-state index contributed by atoms with van der Waals surface area (Å²) in [6, 6.07) is 7.79. The number of benzene rings is 1. The number of aryl methyl sites for hydroxylation is 1. The van der Waals surface area contributed by atoms with Crippen molar-refractivity contribution < 1.29 is 14.3 Å². The van der Waals surface area contributed by atoms with E-state index in [1.807, 2.05) is 52.0 Å². The van der Waals surface area contributed by atoms with Crippen LogP contribution in [0.5, 0.6) is 0 Å². The molecule has 7 nitrogen and oxygen atoms in total. The second-order valence-electron chi connectivity index (χ2n) is 8.89. The molecule has 7 heteroatoms. The summed E-state index contributed by atoms with van der Waals surface area (Å²) in [5.41, 5.74) is 3.84. The average molecular weight is 415 g/mol. The number of anilines is 1. The van der Waals surface area contributed by atoms with E-state index in [1.54, 1.807) is 4.68 Å². The molecule has 1 heterocycles. The summed E-state index contributed by atoms with van der Waals surface area (Å²) in [6.07, 6.45) is 0. The molecule has 0 unspecified atom stereocenters. The number of hydrogen-bond acceptors (Lipinski definition) is 4. The largest absolute Gasteiger partial charge is 0.375 e. The van der Waals surface area contributed by atoms with Crippen molar-refractivity contribution >= 4 is 17.6 Å². The Kier molecular flexibility index (Phi) is 7.42. The molecule has 2 amide bonds. The quantitative estimate of drug-likeness (QED) is 0.751. The number of rotatable bonds is 7. The number of amides is 2. The number of nitrogens with one attached hydrogen (secondary N) is 1. The van der Waals surface area contributed by atoms with Gasteiger partial charge in [0.05, 0.1) is 11.4 Å². The lowest BCUT2D eigenvalue weighted by molar-refractivity contribution is -0.139. The second kappa shape index (κ2) is 9.43. The Morgan fingerprint density at radius 1 is 1.23 bits per heavy atom. The first-order valence-corrected chi connectivity index (χ1v) is 10.2. The number of hydrogen-bond donors (Lipinski definition) is 1. The SMILES string of the molecule is COCC(=O)N(CC(=O)Nc1cc(C(C)(C)C)nn1-c1cccc(C)c1C)C(C)C. The molecule has 0 bridgehead atoms. The molecule has 2 rings (SSSR count). The Morgan fingerprint density at radius 2 is 1.90 bits per heavy atom. The van der Waals surface area contributed by atoms with Crippen LogP contribution in [0.15, 0.2) is 24.3 Å². The lowest BCUT2D eigenvalue weighted by Gasteiger charge is -2.26. The van der Waals surface area contributed by atoms with E-state index in [-0.39, 0.29) is 36.4 Å². The fraction of sp³-hybridized carbons (Fsp3) is 0.522. The molecule has 0 aliphatic carbocycles. The summed E-state index contributed by atoms with van der Waals surface area (Å²) in [7, 11) is 1.47. The van der Waals surface area contributed by atoms with Crippen LogP contribution in [-0.2, 0) is 19.7 Å². The molecule has 0 radical (unpaired) electrons. The third-order valence-corrected chi connectivity index (χ3v) is 5.07. The molecule has 2 aromatic rings. The van der Waals surface area contributed by atoms with Crippen LogP contribution in [0.3, 0.4) is 0 Å². The second-order valence-corrected chi connectivity index (χ2v) is 8.89. The molecule has 1 aromatic heterocycles. The summed E-state index contributed by atoms with van der Waals surface area (Å²) in [5.74, 6) is 0.0858. The van der Waals surface area contributed by atoms with E-state index < -0.39 is 0 Å². The van der Waals surface area contributed by atoms with E-state index >= 15 is 0 Å². The predicted molar refractivity (Wildman–Crippen MR) is 119 cm³/mol. The highest BCUT2D eigenvalue weighted by Crippen LogP contribution is 2.28. The van der Waals surface area contributed by atoms with E-state index in [1.165, 1.54) is 12.0 Å². The molecule has 1 N–H and O–H groups in total. The summed E-state index contributed by atoms with van der Waals surface area (Å²) in [6.45, 7) is 14.0.